The minimum atomic E-state index is 0.0192. The number of allylic oxidation sites excluding steroid dienone is 1. The van der Waals surface area contributed by atoms with Crippen LogP contribution in [-0.2, 0) is 0 Å². The van der Waals surface area contributed by atoms with E-state index in [9.17, 15) is 0 Å². The van der Waals surface area contributed by atoms with Crippen LogP contribution in [0.3, 0.4) is 0 Å². The van der Waals surface area contributed by atoms with Gasteiger partial charge in [-0.1, -0.05) is 11.6 Å². The van der Waals surface area contributed by atoms with Gasteiger partial charge in [0.25, 0.3) is 0 Å². The molecule has 0 spiro atoms. The van der Waals surface area contributed by atoms with Crippen LogP contribution in [0, 0.1) is 25.2 Å². The van der Waals surface area contributed by atoms with E-state index in [1.165, 1.54) is 6.08 Å². The molecule has 7 heteroatoms. The molecule has 1 aromatic carbocycles. The predicted octanol–water partition coefficient (Wildman–Crippen LogP) is 4.08. The third-order valence-electron chi connectivity index (χ3n) is 2.77. The molecule has 1 heterocycles. The first kappa shape index (κ1) is 15.2. The molecular weight excluding hydrogens is 309 g/mol. The van der Waals surface area contributed by atoms with Crippen LogP contribution in [0.15, 0.2) is 18.2 Å². The zero-order valence-corrected chi connectivity index (χ0v) is 12.9. The second kappa shape index (κ2) is 6.53. The fourth-order valence-electron chi connectivity index (χ4n) is 1.92. The third-order valence-corrected chi connectivity index (χ3v) is 3.18. The maximum atomic E-state index is 8.57. The van der Waals surface area contributed by atoms with E-state index in [1.807, 2.05) is 32.0 Å². The average molecular weight is 320 g/mol. The molecule has 0 unspecified atom stereocenters. The first-order chi connectivity index (χ1) is 10.0. The number of hydrogen-bond donors (Lipinski definition) is 1. The quantitative estimate of drug-likeness (QED) is 0.863. The highest BCUT2D eigenvalue weighted by Gasteiger charge is 2.10. The molecular formula is C14H11Cl2N5. The molecule has 5 nitrogen and oxygen atoms in total. The number of benzene rings is 1. The van der Waals surface area contributed by atoms with Crippen LogP contribution in [0.5, 0.6) is 0 Å². The molecule has 0 atom stereocenters. The summed E-state index contributed by atoms with van der Waals surface area (Å²) in [7, 11) is 0. The number of aromatic nitrogens is 3. The summed E-state index contributed by atoms with van der Waals surface area (Å²) in [4.78, 5) is 4.01. The van der Waals surface area contributed by atoms with Crippen LogP contribution in [-0.4, -0.2) is 15.2 Å². The summed E-state index contributed by atoms with van der Waals surface area (Å²) in [6, 6.07) is 5.87. The van der Waals surface area contributed by atoms with Crippen molar-refractivity contribution >= 4 is 40.8 Å². The summed E-state index contributed by atoms with van der Waals surface area (Å²) in [6.45, 7) is 3.90. The average Bonchev–Trinajstić information content (AvgIpc) is 2.44. The number of anilines is 2. The molecule has 21 heavy (non-hydrogen) atoms. The van der Waals surface area contributed by atoms with Gasteiger partial charge in [0.05, 0.1) is 6.07 Å². The Morgan fingerprint density at radius 1 is 1.19 bits per heavy atom. The zero-order valence-electron chi connectivity index (χ0n) is 11.4. The van der Waals surface area contributed by atoms with Crippen molar-refractivity contribution in [1.29, 1.82) is 5.26 Å². The molecule has 0 aliphatic rings. The molecule has 0 bridgehead atoms. The monoisotopic (exact) mass is 319 g/mol. The minimum Gasteiger partial charge on any atom is -0.337 e. The smallest absolute Gasteiger partial charge is 0.245 e. The van der Waals surface area contributed by atoms with Gasteiger partial charge in [-0.3, -0.25) is 0 Å². The lowest BCUT2D eigenvalue weighted by molar-refractivity contribution is 0.974. The number of nitrogens with zero attached hydrogens (tertiary/aromatic N) is 4. The van der Waals surface area contributed by atoms with Crippen molar-refractivity contribution < 1.29 is 0 Å². The Bertz CT molecular complexity index is 727. The highest BCUT2D eigenvalue weighted by molar-refractivity contribution is 6.32. The Morgan fingerprint density at radius 3 is 2.48 bits per heavy atom. The summed E-state index contributed by atoms with van der Waals surface area (Å²) in [5, 5.41) is 19.1. The van der Waals surface area contributed by atoms with Gasteiger partial charge in [0.2, 0.25) is 5.28 Å². The molecule has 0 saturated carbocycles. The van der Waals surface area contributed by atoms with Crippen LogP contribution in [0.2, 0.25) is 10.4 Å². The highest BCUT2D eigenvalue weighted by Crippen LogP contribution is 2.28. The molecule has 0 aliphatic heterocycles. The molecule has 2 aromatic rings. The van der Waals surface area contributed by atoms with Gasteiger partial charge < -0.3 is 5.32 Å². The second-order valence-electron chi connectivity index (χ2n) is 4.34. The van der Waals surface area contributed by atoms with E-state index >= 15 is 0 Å². The van der Waals surface area contributed by atoms with E-state index in [4.69, 9.17) is 28.5 Å². The summed E-state index contributed by atoms with van der Waals surface area (Å²) < 4.78 is 0. The molecule has 2 rings (SSSR count). The fourth-order valence-corrected chi connectivity index (χ4v) is 2.16. The Labute approximate surface area is 132 Å². The van der Waals surface area contributed by atoms with Crippen molar-refractivity contribution in [3.8, 4) is 6.07 Å². The van der Waals surface area contributed by atoms with Gasteiger partial charge in [0.15, 0.2) is 11.0 Å². The van der Waals surface area contributed by atoms with Gasteiger partial charge in [0.1, 0.15) is 0 Å². The van der Waals surface area contributed by atoms with Crippen LogP contribution < -0.4 is 5.32 Å². The van der Waals surface area contributed by atoms with E-state index in [0.717, 1.165) is 22.4 Å². The van der Waals surface area contributed by atoms with Crippen molar-refractivity contribution in [3.05, 3.63) is 45.3 Å². The largest absolute Gasteiger partial charge is 0.337 e. The topological polar surface area (TPSA) is 74.5 Å². The Morgan fingerprint density at radius 2 is 1.86 bits per heavy atom. The van der Waals surface area contributed by atoms with E-state index < -0.39 is 0 Å². The van der Waals surface area contributed by atoms with Gasteiger partial charge >= 0.3 is 0 Å². The maximum absolute atomic E-state index is 8.57. The van der Waals surface area contributed by atoms with Gasteiger partial charge in [0, 0.05) is 11.8 Å². The fraction of sp³-hybridized carbons (Fsp3) is 0.143. The van der Waals surface area contributed by atoms with Gasteiger partial charge in [-0.2, -0.15) is 10.2 Å². The normalized spacial score (nSPS) is 10.6. The lowest BCUT2D eigenvalue weighted by Gasteiger charge is -2.13. The van der Waals surface area contributed by atoms with E-state index in [2.05, 4.69) is 20.5 Å². The maximum Gasteiger partial charge on any atom is 0.245 e. The number of nitrogens with one attached hydrogen (secondary N) is 1. The van der Waals surface area contributed by atoms with Crippen LogP contribution in [0.1, 0.15) is 16.7 Å². The summed E-state index contributed by atoms with van der Waals surface area (Å²) >= 11 is 11.7. The van der Waals surface area contributed by atoms with Gasteiger partial charge in [-0.15, -0.1) is 10.2 Å². The van der Waals surface area contributed by atoms with Crippen molar-refractivity contribution in [1.82, 2.24) is 15.2 Å². The molecule has 0 amide bonds. The van der Waals surface area contributed by atoms with Gasteiger partial charge in [-0.25, -0.2) is 0 Å². The molecule has 0 fully saturated rings. The van der Waals surface area contributed by atoms with Crippen LogP contribution in [0.4, 0.5) is 11.5 Å². The van der Waals surface area contributed by atoms with Crippen molar-refractivity contribution in [2.45, 2.75) is 13.8 Å². The third kappa shape index (κ3) is 3.69. The lowest BCUT2D eigenvalue weighted by Crippen LogP contribution is -2.02. The highest BCUT2D eigenvalue weighted by atomic mass is 35.5. The number of hydrogen-bond acceptors (Lipinski definition) is 5. The minimum absolute atomic E-state index is 0.0192. The Hall–Kier alpha value is -2.16. The van der Waals surface area contributed by atoms with Crippen LogP contribution in [0.25, 0.3) is 6.08 Å². The molecule has 0 saturated heterocycles. The lowest BCUT2D eigenvalue weighted by atomic mass is 10.0. The molecule has 1 N–H and O–H groups in total. The van der Waals surface area contributed by atoms with Crippen molar-refractivity contribution in [2.75, 3.05) is 5.32 Å². The molecule has 106 valence electrons. The molecule has 0 radical (unpaired) electrons. The van der Waals surface area contributed by atoms with Crippen molar-refractivity contribution in [3.63, 3.8) is 0 Å². The first-order valence-corrected chi connectivity index (χ1v) is 6.77. The molecule has 1 aromatic heterocycles. The van der Waals surface area contributed by atoms with Gasteiger partial charge in [-0.05, 0) is 60.3 Å². The summed E-state index contributed by atoms with van der Waals surface area (Å²) in [5.74, 6) is 0.350. The SMILES string of the molecule is Cc1cc(C=CC#N)cc(C)c1Nc1nc(Cl)nnc1Cl. The zero-order chi connectivity index (χ0) is 15.4. The standard InChI is InChI=1S/C14H11Cl2N5/c1-8-6-10(4-3-5-17)7-9(2)11(8)18-13-12(15)20-21-14(16)19-13/h3-4,6-7H,1-2H3,(H,18,19,21). The Balaban J connectivity index is 2.39. The predicted molar refractivity (Wildman–Crippen MR) is 83.7 cm³/mol. The number of nitriles is 1. The number of aryl methyl sites for hydroxylation is 2. The van der Waals surface area contributed by atoms with E-state index in [0.29, 0.717) is 5.82 Å². The Kier molecular flexibility index (Phi) is 4.73. The van der Waals surface area contributed by atoms with Crippen LogP contribution >= 0.6 is 23.2 Å². The second-order valence-corrected chi connectivity index (χ2v) is 5.03. The summed E-state index contributed by atoms with van der Waals surface area (Å²) in [6.07, 6.45) is 3.19. The van der Waals surface area contributed by atoms with E-state index in [-0.39, 0.29) is 10.4 Å². The number of rotatable bonds is 3. The van der Waals surface area contributed by atoms with E-state index in [1.54, 1.807) is 6.08 Å². The molecule has 0 aliphatic carbocycles. The van der Waals surface area contributed by atoms with Crippen molar-refractivity contribution in [2.24, 2.45) is 0 Å². The number of halogens is 2. The summed E-state index contributed by atoms with van der Waals surface area (Å²) in [5.41, 5.74) is 3.78. The first-order valence-electron chi connectivity index (χ1n) is 6.01.